The van der Waals surface area contributed by atoms with Crippen LogP contribution in [0.4, 0.5) is 0 Å². The predicted octanol–water partition coefficient (Wildman–Crippen LogP) is 13.3. The molecular formula is C48H29N3S. The zero-order chi connectivity index (χ0) is 33.9. The molecule has 4 heteroatoms. The van der Waals surface area contributed by atoms with Gasteiger partial charge in [0.25, 0.3) is 0 Å². The van der Waals surface area contributed by atoms with E-state index in [0.29, 0.717) is 0 Å². The molecule has 0 bridgehead atoms. The maximum atomic E-state index is 2.58. The lowest BCUT2D eigenvalue weighted by molar-refractivity contribution is 1.15. The Balaban J connectivity index is 1.44. The van der Waals surface area contributed by atoms with Crippen LogP contribution in [0.25, 0.3) is 103 Å². The highest BCUT2D eigenvalue weighted by atomic mass is 32.1. The van der Waals surface area contributed by atoms with Crippen LogP contribution in [0.2, 0.25) is 0 Å². The van der Waals surface area contributed by atoms with Gasteiger partial charge in [-0.15, -0.1) is 11.3 Å². The molecule has 52 heavy (non-hydrogen) atoms. The molecular weight excluding hydrogens is 651 g/mol. The van der Waals surface area contributed by atoms with Gasteiger partial charge in [0, 0.05) is 59.2 Å². The van der Waals surface area contributed by atoms with Crippen LogP contribution in [0.1, 0.15) is 0 Å². The molecule has 4 heterocycles. The minimum Gasteiger partial charge on any atom is -0.307 e. The van der Waals surface area contributed by atoms with E-state index >= 15 is 0 Å². The topological polar surface area (TPSA) is 14.8 Å². The van der Waals surface area contributed by atoms with Gasteiger partial charge in [0.2, 0.25) is 0 Å². The minimum atomic E-state index is 1.15. The first-order valence-electron chi connectivity index (χ1n) is 17.8. The Kier molecular flexibility index (Phi) is 5.65. The molecule has 0 saturated heterocycles. The van der Waals surface area contributed by atoms with Crippen LogP contribution in [0.3, 0.4) is 0 Å². The molecule has 0 atom stereocenters. The highest BCUT2D eigenvalue weighted by Crippen LogP contribution is 2.51. The van der Waals surface area contributed by atoms with Gasteiger partial charge >= 0.3 is 0 Å². The fraction of sp³-hybridized carbons (Fsp3) is 0. The molecule has 0 saturated carbocycles. The molecule has 0 fully saturated rings. The average Bonchev–Trinajstić information content (AvgIpc) is 3.95. The van der Waals surface area contributed by atoms with E-state index < -0.39 is 0 Å². The fourth-order valence-corrected chi connectivity index (χ4v) is 10.2. The summed E-state index contributed by atoms with van der Waals surface area (Å²) in [4.78, 5) is 0. The highest BCUT2D eigenvalue weighted by molar-refractivity contribution is 7.26. The normalized spacial score (nSPS) is 12.2. The average molecular weight is 680 g/mol. The second-order valence-corrected chi connectivity index (χ2v) is 14.7. The van der Waals surface area contributed by atoms with Crippen molar-refractivity contribution in [2.24, 2.45) is 0 Å². The molecule has 0 unspecified atom stereocenters. The van der Waals surface area contributed by atoms with Crippen molar-refractivity contribution in [3.63, 3.8) is 0 Å². The standard InChI is InChI=1S/C48H29N3S/c1-3-16-30(17-4-1)49-37-25-11-7-21-34(37)43-42-35-22-8-13-27-39(35)51(40-28-15-24-33-32-20-10-14-29-41(32)52-48(33)40)45(42)44-36-23-9-12-26-38(36)50(47(44)46(43)49)31-18-5-2-6-19-31/h1-29H. The Morgan fingerprint density at radius 2 is 0.750 bits per heavy atom. The van der Waals surface area contributed by atoms with Gasteiger partial charge in [-0.1, -0.05) is 121 Å². The van der Waals surface area contributed by atoms with E-state index in [1.807, 2.05) is 11.3 Å². The summed E-state index contributed by atoms with van der Waals surface area (Å²) in [5, 5.41) is 10.2. The van der Waals surface area contributed by atoms with E-state index in [1.54, 1.807) is 0 Å². The lowest BCUT2D eigenvalue weighted by atomic mass is 10.0. The largest absolute Gasteiger partial charge is 0.307 e. The van der Waals surface area contributed by atoms with Crippen LogP contribution in [0.15, 0.2) is 176 Å². The van der Waals surface area contributed by atoms with Gasteiger partial charge < -0.3 is 13.7 Å². The summed E-state index contributed by atoms with van der Waals surface area (Å²) in [6, 6.07) is 64.4. The van der Waals surface area contributed by atoms with Crippen molar-refractivity contribution in [2.45, 2.75) is 0 Å². The van der Waals surface area contributed by atoms with E-state index in [1.165, 1.54) is 91.3 Å². The third-order valence-corrected chi connectivity index (χ3v) is 12.2. The minimum absolute atomic E-state index is 1.15. The molecule has 0 aliphatic heterocycles. The zero-order valence-corrected chi connectivity index (χ0v) is 28.8. The van der Waals surface area contributed by atoms with Gasteiger partial charge in [0.05, 0.1) is 43.5 Å². The van der Waals surface area contributed by atoms with Crippen molar-refractivity contribution in [3.8, 4) is 17.1 Å². The Morgan fingerprint density at radius 1 is 0.308 bits per heavy atom. The molecule has 242 valence electrons. The summed E-state index contributed by atoms with van der Waals surface area (Å²) >= 11 is 1.89. The van der Waals surface area contributed by atoms with Gasteiger partial charge in [-0.2, -0.15) is 0 Å². The first kappa shape index (κ1) is 28.1. The molecule has 0 amide bonds. The Labute approximate surface area is 302 Å². The molecule has 8 aromatic carbocycles. The zero-order valence-electron chi connectivity index (χ0n) is 28.0. The molecule has 3 nitrogen and oxygen atoms in total. The molecule has 0 aliphatic rings. The molecule has 12 aromatic rings. The van der Waals surface area contributed by atoms with E-state index in [-0.39, 0.29) is 0 Å². The van der Waals surface area contributed by atoms with Crippen LogP contribution in [0.5, 0.6) is 0 Å². The summed E-state index contributed by atoms with van der Waals surface area (Å²) in [6.07, 6.45) is 0. The van der Waals surface area contributed by atoms with Crippen LogP contribution in [-0.4, -0.2) is 13.7 Å². The van der Waals surface area contributed by atoms with Crippen molar-refractivity contribution >= 4 is 96.9 Å². The first-order valence-corrected chi connectivity index (χ1v) is 18.6. The van der Waals surface area contributed by atoms with Crippen molar-refractivity contribution in [1.82, 2.24) is 13.7 Å². The Bertz CT molecular complexity index is 3390. The van der Waals surface area contributed by atoms with Crippen LogP contribution in [0, 0.1) is 0 Å². The van der Waals surface area contributed by atoms with Crippen LogP contribution in [-0.2, 0) is 0 Å². The summed E-state index contributed by atoms with van der Waals surface area (Å²) in [5.74, 6) is 0. The van der Waals surface area contributed by atoms with E-state index in [2.05, 4.69) is 190 Å². The van der Waals surface area contributed by atoms with E-state index in [0.717, 1.165) is 11.4 Å². The quantitative estimate of drug-likeness (QED) is 0.177. The Morgan fingerprint density at radius 3 is 1.37 bits per heavy atom. The molecule has 0 radical (unpaired) electrons. The number of fused-ring (bicyclic) bond motifs is 15. The number of thiophene rings is 1. The molecule has 0 N–H and O–H groups in total. The molecule has 0 spiro atoms. The maximum Gasteiger partial charge on any atom is 0.0810 e. The highest BCUT2D eigenvalue weighted by Gasteiger charge is 2.29. The lowest BCUT2D eigenvalue weighted by Crippen LogP contribution is -1.99. The van der Waals surface area contributed by atoms with Crippen LogP contribution < -0.4 is 0 Å². The summed E-state index contributed by atoms with van der Waals surface area (Å²) < 4.78 is 10.2. The third-order valence-electron chi connectivity index (χ3n) is 11.0. The monoisotopic (exact) mass is 679 g/mol. The van der Waals surface area contributed by atoms with Gasteiger partial charge in [-0.25, -0.2) is 0 Å². The number of para-hydroxylation sites is 5. The first-order chi connectivity index (χ1) is 25.9. The number of benzene rings is 8. The number of nitrogens with zero attached hydrogens (tertiary/aromatic N) is 3. The number of hydrogen-bond acceptors (Lipinski definition) is 1. The molecule has 12 rings (SSSR count). The van der Waals surface area contributed by atoms with Crippen molar-refractivity contribution in [2.75, 3.05) is 0 Å². The van der Waals surface area contributed by atoms with Gasteiger partial charge in [0.1, 0.15) is 0 Å². The van der Waals surface area contributed by atoms with Gasteiger partial charge in [0.15, 0.2) is 0 Å². The van der Waals surface area contributed by atoms with E-state index in [4.69, 9.17) is 0 Å². The maximum absolute atomic E-state index is 2.58. The van der Waals surface area contributed by atoms with Crippen LogP contribution >= 0.6 is 11.3 Å². The predicted molar refractivity (Wildman–Crippen MR) is 222 cm³/mol. The number of hydrogen-bond donors (Lipinski definition) is 0. The summed E-state index contributed by atoms with van der Waals surface area (Å²) in [6.45, 7) is 0. The third kappa shape index (κ3) is 3.59. The summed E-state index contributed by atoms with van der Waals surface area (Å²) in [7, 11) is 0. The van der Waals surface area contributed by atoms with Crippen molar-refractivity contribution < 1.29 is 0 Å². The number of aromatic nitrogens is 3. The molecule has 0 aliphatic carbocycles. The van der Waals surface area contributed by atoms with E-state index in [9.17, 15) is 0 Å². The smallest absolute Gasteiger partial charge is 0.0810 e. The summed E-state index contributed by atoms with van der Waals surface area (Å²) in [5.41, 5.74) is 10.8. The SMILES string of the molecule is c1ccc(-n2c3ccccc3c3c4c5ccccc5n(-c5cccc6c5sc5ccccc56)c4c4c5ccccc5n(-c5ccccc5)c4c32)cc1. The van der Waals surface area contributed by atoms with Gasteiger partial charge in [-0.3, -0.25) is 0 Å². The van der Waals surface area contributed by atoms with Crippen molar-refractivity contribution in [1.29, 1.82) is 0 Å². The second kappa shape index (κ2) is 10.5. The second-order valence-electron chi connectivity index (χ2n) is 13.7. The molecule has 4 aromatic heterocycles. The fourth-order valence-electron chi connectivity index (χ4n) is 9.00. The van der Waals surface area contributed by atoms with Gasteiger partial charge in [-0.05, 0) is 54.6 Å². The number of rotatable bonds is 3. The Hall–Kier alpha value is -6.62. The van der Waals surface area contributed by atoms with Crippen molar-refractivity contribution in [3.05, 3.63) is 176 Å². The lowest BCUT2D eigenvalue weighted by Gasteiger charge is -2.14.